The largest absolute Gasteiger partial charge is 0.364 e. The van der Waals surface area contributed by atoms with Gasteiger partial charge >= 0.3 is 0 Å². The summed E-state index contributed by atoms with van der Waals surface area (Å²) in [5.74, 6) is 0.126. The van der Waals surface area contributed by atoms with Crippen molar-refractivity contribution in [3.63, 3.8) is 0 Å². The molecule has 2 aliphatic rings. The van der Waals surface area contributed by atoms with Crippen LogP contribution >= 0.6 is 23.2 Å². The molecule has 3 rings (SSSR count). The molecule has 23 heavy (non-hydrogen) atoms. The summed E-state index contributed by atoms with van der Waals surface area (Å²) in [7, 11) is 3.71. The number of fused-ring (bicyclic) bond motifs is 2. The first-order valence-electron chi connectivity index (χ1n) is 7.96. The van der Waals surface area contributed by atoms with Gasteiger partial charge in [0.25, 0.3) is 0 Å². The van der Waals surface area contributed by atoms with Crippen molar-refractivity contribution in [3.05, 3.63) is 33.8 Å². The Morgan fingerprint density at radius 3 is 2.83 bits per heavy atom. The van der Waals surface area contributed by atoms with Crippen LogP contribution in [0.1, 0.15) is 30.7 Å². The molecule has 0 aromatic heterocycles. The average molecular weight is 357 g/mol. The van der Waals surface area contributed by atoms with Crippen LogP contribution in [0, 0.1) is 5.92 Å². The fraction of sp³-hybridized carbons (Fsp3) is 0.588. The molecule has 126 valence electrons. The summed E-state index contributed by atoms with van der Waals surface area (Å²) >= 11 is 12.2. The summed E-state index contributed by atoms with van der Waals surface area (Å²) in [5, 5.41) is 3.98. The van der Waals surface area contributed by atoms with Crippen LogP contribution in [-0.2, 0) is 9.53 Å². The van der Waals surface area contributed by atoms with Crippen molar-refractivity contribution in [2.45, 2.75) is 37.3 Å². The highest BCUT2D eigenvalue weighted by molar-refractivity contribution is 6.42. The number of methoxy groups -OCH3 is 1. The number of rotatable bonds is 4. The Morgan fingerprint density at radius 2 is 2.13 bits per heavy atom. The zero-order chi connectivity index (χ0) is 16.6. The van der Waals surface area contributed by atoms with Crippen molar-refractivity contribution in [3.8, 4) is 0 Å². The average Bonchev–Trinajstić information content (AvgIpc) is 2.77. The number of benzene rings is 1. The van der Waals surface area contributed by atoms with Crippen LogP contribution in [0.4, 0.5) is 0 Å². The van der Waals surface area contributed by atoms with Crippen molar-refractivity contribution < 1.29 is 9.53 Å². The third-order valence-electron chi connectivity index (χ3n) is 5.33. The van der Waals surface area contributed by atoms with Gasteiger partial charge in [-0.25, -0.2) is 0 Å². The van der Waals surface area contributed by atoms with E-state index in [0.29, 0.717) is 16.1 Å². The predicted octanol–water partition coefficient (Wildman–Crippen LogP) is 3.28. The van der Waals surface area contributed by atoms with Gasteiger partial charge in [0.05, 0.1) is 16.0 Å². The fourth-order valence-corrected chi connectivity index (χ4v) is 4.48. The van der Waals surface area contributed by atoms with Gasteiger partial charge in [0.2, 0.25) is 5.91 Å². The van der Waals surface area contributed by atoms with Crippen LogP contribution < -0.4 is 5.32 Å². The van der Waals surface area contributed by atoms with Crippen molar-refractivity contribution >= 4 is 29.1 Å². The summed E-state index contributed by atoms with van der Waals surface area (Å²) in [6.07, 6.45) is 3.17. The van der Waals surface area contributed by atoms with E-state index in [1.54, 1.807) is 7.11 Å². The van der Waals surface area contributed by atoms with E-state index in [-0.39, 0.29) is 30.5 Å². The molecule has 2 saturated heterocycles. The number of nitrogens with zero attached hydrogens (tertiary/aromatic N) is 1. The molecule has 6 heteroatoms. The van der Waals surface area contributed by atoms with E-state index in [2.05, 4.69) is 17.3 Å². The van der Waals surface area contributed by atoms with Gasteiger partial charge < -0.3 is 10.1 Å². The SMILES string of the molecule is COCNC(=O)[C@@H]1C2CCC(C[C@H]1c1ccc(Cl)c(Cl)c1)N2C. The number of halogens is 2. The second-order valence-corrected chi connectivity index (χ2v) is 7.29. The molecule has 0 radical (unpaired) electrons. The molecule has 2 aliphatic heterocycles. The minimum Gasteiger partial charge on any atom is -0.364 e. The molecule has 4 nitrogen and oxygen atoms in total. The highest BCUT2D eigenvalue weighted by Crippen LogP contribution is 2.46. The number of amides is 1. The maximum absolute atomic E-state index is 12.7. The van der Waals surface area contributed by atoms with Crippen LogP contribution in [0.5, 0.6) is 0 Å². The summed E-state index contributed by atoms with van der Waals surface area (Å²) in [6, 6.07) is 6.54. The molecule has 1 amide bonds. The minimum absolute atomic E-state index is 0.0557. The topological polar surface area (TPSA) is 41.6 Å². The molecule has 2 bridgehead atoms. The van der Waals surface area contributed by atoms with Gasteiger partial charge in [-0.1, -0.05) is 29.3 Å². The van der Waals surface area contributed by atoms with Gasteiger partial charge in [-0.2, -0.15) is 0 Å². The number of hydrogen-bond donors (Lipinski definition) is 1. The number of hydrogen-bond acceptors (Lipinski definition) is 3. The highest BCUT2D eigenvalue weighted by atomic mass is 35.5. The van der Waals surface area contributed by atoms with Crippen LogP contribution in [0.2, 0.25) is 10.0 Å². The van der Waals surface area contributed by atoms with E-state index in [1.807, 2.05) is 18.2 Å². The lowest BCUT2D eigenvalue weighted by Gasteiger charge is -2.42. The third-order valence-corrected chi connectivity index (χ3v) is 6.07. The smallest absolute Gasteiger partial charge is 0.227 e. The summed E-state index contributed by atoms with van der Waals surface area (Å²) < 4.78 is 5.00. The third kappa shape index (κ3) is 3.22. The second kappa shape index (κ2) is 6.98. The Kier molecular flexibility index (Phi) is 5.16. The predicted molar refractivity (Wildman–Crippen MR) is 91.9 cm³/mol. The van der Waals surface area contributed by atoms with Crippen molar-refractivity contribution in [1.82, 2.24) is 10.2 Å². The highest BCUT2D eigenvalue weighted by Gasteiger charge is 2.48. The van der Waals surface area contributed by atoms with Gasteiger partial charge in [0.15, 0.2) is 0 Å². The summed E-state index contributed by atoms with van der Waals surface area (Å²) in [4.78, 5) is 15.1. The fourth-order valence-electron chi connectivity index (χ4n) is 4.17. The van der Waals surface area contributed by atoms with Crippen LogP contribution in [0.3, 0.4) is 0 Å². The van der Waals surface area contributed by atoms with E-state index < -0.39 is 0 Å². The number of nitrogens with one attached hydrogen (secondary N) is 1. The quantitative estimate of drug-likeness (QED) is 0.841. The van der Waals surface area contributed by atoms with Gasteiger partial charge in [0.1, 0.15) is 6.73 Å². The number of carbonyl (C=O) groups is 1. The standard InChI is InChI=1S/C17H22Cl2N2O2/c1-21-11-4-6-15(21)16(17(22)20-9-23-2)12(8-11)10-3-5-13(18)14(19)7-10/h3,5,7,11-12,15-16H,4,6,8-9H2,1-2H3,(H,20,22)/t11?,12-,15?,16-/m0/s1. The Labute approximate surface area is 147 Å². The Hall–Kier alpha value is -0.810. The molecule has 0 saturated carbocycles. The molecule has 2 heterocycles. The van der Waals surface area contributed by atoms with Crippen LogP contribution in [0.15, 0.2) is 18.2 Å². The second-order valence-electron chi connectivity index (χ2n) is 6.48. The van der Waals surface area contributed by atoms with E-state index >= 15 is 0 Å². The normalized spacial score (nSPS) is 30.4. The Bertz CT molecular complexity index is 596. The van der Waals surface area contributed by atoms with Gasteiger partial charge in [-0.3, -0.25) is 9.69 Å². The monoisotopic (exact) mass is 356 g/mol. The molecule has 2 fully saturated rings. The maximum Gasteiger partial charge on any atom is 0.227 e. The first-order valence-corrected chi connectivity index (χ1v) is 8.72. The molecule has 1 aromatic rings. The van der Waals surface area contributed by atoms with Crippen molar-refractivity contribution in [1.29, 1.82) is 0 Å². The minimum atomic E-state index is -0.0915. The molecule has 0 aliphatic carbocycles. The molecule has 2 unspecified atom stereocenters. The number of carbonyl (C=O) groups excluding carboxylic acids is 1. The summed E-state index contributed by atoms with van der Waals surface area (Å²) in [5.41, 5.74) is 1.10. The zero-order valence-electron chi connectivity index (χ0n) is 13.4. The lowest BCUT2D eigenvalue weighted by molar-refractivity contribution is -0.130. The molecule has 1 N–H and O–H groups in total. The first kappa shape index (κ1) is 17.0. The Morgan fingerprint density at radius 1 is 1.35 bits per heavy atom. The van der Waals surface area contributed by atoms with Crippen LogP contribution in [-0.4, -0.2) is 43.8 Å². The van der Waals surface area contributed by atoms with Gasteiger partial charge in [0, 0.05) is 19.2 Å². The molecular formula is C17H22Cl2N2O2. The van der Waals surface area contributed by atoms with E-state index in [9.17, 15) is 4.79 Å². The van der Waals surface area contributed by atoms with Crippen LogP contribution in [0.25, 0.3) is 0 Å². The van der Waals surface area contributed by atoms with Gasteiger partial charge in [-0.05, 0) is 49.9 Å². The summed E-state index contributed by atoms with van der Waals surface area (Å²) in [6.45, 7) is 0.239. The molecule has 0 spiro atoms. The lowest BCUT2D eigenvalue weighted by Crippen LogP contribution is -2.51. The van der Waals surface area contributed by atoms with Crippen molar-refractivity contribution in [2.24, 2.45) is 5.92 Å². The van der Waals surface area contributed by atoms with E-state index in [4.69, 9.17) is 27.9 Å². The van der Waals surface area contributed by atoms with Crippen molar-refractivity contribution in [2.75, 3.05) is 20.9 Å². The van der Waals surface area contributed by atoms with Gasteiger partial charge in [-0.15, -0.1) is 0 Å². The van der Waals surface area contributed by atoms with E-state index in [1.165, 1.54) is 0 Å². The Balaban J connectivity index is 1.92. The molecule has 1 aromatic carbocycles. The molecular weight excluding hydrogens is 335 g/mol. The number of piperidine rings is 1. The van der Waals surface area contributed by atoms with E-state index in [0.717, 1.165) is 24.8 Å². The molecule has 4 atom stereocenters. The zero-order valence-corrected chi connectivity index (χ0v) is 14.9. The lowest BCUT2D eigenvalue weighted by atomic mass is 9.75. The first-order chi connectivity index (χ1) is 11.0. The number of ether oxygens (including phenoxy) is 1. The maximum atomic E-state index is 12.7.